The number of fused-ring (bicyclic) bond motifs is 1. The smallest absolute Gasteiger partial charge is 0.410 e. The molecule has 2 fully saturated rings. The fraction of sp³-hybridized carbons (Fsp3) is 0.360. The first-order valence-electron chi connectivity index (χ1n) is 11.2. The molecule has 1 N–H and O–H groups in total. The van der Waals surface area contributed by atoms with E-state index < -0.39 is 5.82 Å². The zero-order valence-electron chi connectivity index (χ0n) is 18.1. The summed E-state index contributed by atoms with van der Waals surface area (Å²) in [5.41, 5.74) is 1.50. The lowest BCUT2D eigenvalue weighted by atomic mass is 9.76. The number of benzene rings is 2. The fourth-order valence-electron chi connectivity index (χ4n) is 4.75. The standard InChI is InChI=1S/C25H25ClFN3O3/c26-23-20(27)7-6-17-14-21(28-24(31)22(17)23)18-12-19(13-18)29-8-10-30(11-9-29)25(32)33-15-16-4-2-1-3-5-16/h1-7,14,18-19H,8-13,15H2,(H,28,31). The number of H-pyrrole nitrogens is 1. The SMILES string of the molecule is O=C(OCc1ccccc1)N1CCN(C2CC(c3cc4ccc(F)c(Cl)c4c(=O)[nH]3)C2)CC1. The number of piperazine rings is 1. The van der Waals surface area contributed by atoms with Crippen molar-refractivity contribution < 1.29 is 13.9 Å². The number of hydrogen-bond acceptors (Lipinski definition) is 4. The monoisotopic (exact) mass is 469 g/mol. The van der Waals surface area contributed by atoms with Gasteiger partial charge in [-0.3, -0.25) is 9.69 Å². The molecule has 1 amide bonds. The van der Waals surface area contributed by atoms with Gasteiger partial charge in [-0.25, -0.2) is 9.18 Å². The van der Waals surface area contributed by atoms with E-state index in [1.807, 2.05) is 36.4 Å². The maximum absolute atomic E-state index is 13.7. The first-order chi connectivity index (χ1) is 16.0. The van der Waals surface area contributed by atoms with Crippen molar-refractivity contribution in [2.75, 3.05) is 26.2 Å². The van der Waals surface area contributed by atoms with Crippen molar-refractivity contribution in [1.82, 2.24) is 14.8 Å². The van der Waals surface area contributed by atoms with E-state index in [-0.39, 0.29) is 34.6 Å². The lowest BCUT2D eigenvalue weighted by Crippen LogP contribution is -2.54. The summed E-state index contributed by atoms with van der Waals surface area (Å²) < 4.78 is 19.1. The minimum absolute atomic E-state index is 0.132. The van der Waals surface area contributed by atoms with Crippen LogP contribution in [0.4, 0.5) is 9.18 Å². The van der Waals surface area contributed by atoms with Gasteiger partial charge in [0.1, 0.15) is 12.4 Å². The Labute approximate surface area is 195 Å². The normalized spacial score (nSPS) is 21.1. The molecule has 0 bridgehead atoms. The van der Waals surface area contributed by atoms with Gasteiger partial charge < -0.3 is 14.6 Å². The molecule has 1 saturated carbocycles. The molecule has 0 unspecified atom stereocenters. The largest absolute Gasteiger partial charge is 0.445 e. The van der Waals surface area contributed by atoms with E-state index in [4.69, 9.17) is 16.3 Å². The van der Waals surface area contributed by atoms with Crippen LogP contribution in [0.25, 0.3) is 10.8 Å². The number of carbonyl (C=O) groups is 1. The predicted molar refractivity (Wildman–Crippen MR) is 125 cm³/mol. The summed E-state index contributed by atoms with van der Waals surface area (Å²) in [5.74, 6) is -0.334. The first kappa shape index (κ1) is 21.9. The number of nitrogens with zero attached hydrogens (tertiary/aromatic N) is 2. The second-order valence-corrected chi connectivity index (χ2v) is 9.14. The molecule has 3 aromatic rings. The highest BCUT2D eigenvalue weighted by Gasteiger charge is 2.37. The van der Waals surface area contributed by atoms with Crippen LogP contribution in [0.3, 0.4) is 0 Å². The van der Waals surface area contributed by atoms with Crippen LogP contribution in [0.2, 0.25) is 5.02 Å². The Hall–Kier alpha value is -2.90. The number of halogens is 2. The van der Waals surface area contributed by atoms with Crippen molar-refractivity contribution in [2.45, 2.75) is 31.4 Å². The number of pyridine rings is 1. The fourth-order valence-corrected chi connectivity index (χ4v) is 5.01. The van der Waals surface area contributed by atoms with Gasteiger partial charge in [-0.15, -0.1) is 0 Å². The molecule has 5 rings (SSSR count). The second kappa shape index (κ2) is 9.15. The highest BCUT2D eigenvalue weighted by molar-refractivity contribution is 6.35. The molecule has 1 aromatic heterocycles. The topological polar surface area (TPSA) is 65.6 Å². The number of hydrogen-bond donors (Lipinski definition) is 1. The van der Waals surface area contributed by atoms with Crippen LogP contribution < -0.4 is 5.56 Å². The molecule has 0 radical (unpaired) electrons. The Morgan fingerprint density at radius 1 is 1.09 bits per heavy atom. The maximum Gasteiger partial charge on any atom is 0.410 e. The molecule has 1 saturated heterocycles. The quantitative estimate of drug-likeness (QED) is 0.610. The molecule has 2 heterocycles. The van der Waals surface area contributed by atoms with Crippen LogP contribution in [0.1, 0.15) is 30.0 Å². The van der Waals surface area contributed by atoms with Crippen molar-refractivity contribution in [3.05, 3.63) is 81.0 Å². The molecule has 6 nitrogen and oxygen atoms in total. The van der Waals surface area contributed by atoms with Gasteiger partial charge in [0.15, 0.2) is 0 Å². The summed E-state index contributed by atoms with van der Waals surface area (Å²) in [7, 11) is 0. The Morgan fingerprint density at radius 2 is 1.82 bits per heavy atom. The Balaban J connectivity index is 1.13. The van der Waals surface area contributed by atoms with E-state index in [0.717, 1.165) is 37.2 Å². The molecule has 1 aliphatic carbocycles. The average Bonchev–Trinajstić information content (AvgIpc) is 2.80. The summed E-state index contributed by atoms with van der Waals surface area (Å²) in [4.78, 5) is 31.9. The summed E-state index contributed by atoms with van der Waals surface area (Å²) in [6, 6.07) is 14.9. The molecular weight excluding hydrogens is 445 g/mol. The lowest BCUT2D eigenvalue weighted by Gasteiger charge is -2.46. The van der Waals surface area contributed by atoms with Gasteiger partial charge in [0.25, 0.3) is 5.56 Å². The first-order valence-corrected chi connectivity index (χ1v) is 11.6. The Bertz CT molecular complexity index is 1220. The predicted octanol–water partition coefficient (Wildman–Crippen LogP) is 4.52. The molecule has 0 atom stereocenters. The van der Waals surface area contributed by atoms with E-state index in [2.05, 4.69) is 9.88 Å². The third kappa shape index (κ3) is 4.48. The number of amides is 1. The van der Waals surface area contributed by atoms with Crippen LogP contribution in [0, 0.1) is 5.82 Å². The third-order valence-corrected chi connectivity index (χ3v) is 7.14. The highest BCUT2D eigenvalue weighted by atomic mass is 35.5. The Morgan fingerprint density at radius 3 is 2.55 bits per heavy atom. The minimum atomic E-state index is -0.589. The summed E-state index contributed by atoms with van der Waals surface area (Å²) in [5, 5.41) is 0.727. The number of aromatic nitrogens is 1. The zero-order chi connectivity index (χ0) is 22.9. The van der Waals surface area contributed by atoms with Gasteiger partial charge in [0.2, 0.25) is 0 Å². The van der Waals surface area contributed by atoms with Crippen LogP contribution in [0.15, 0.2) is 53.3 Å². The van der Waals surface area contributed by atoms with Crippen LogP contribution in [-0.4, -0.2) is 53.1 Å². The maximum atomic E-state index is 13.7. The van der Waals surface area contributed by atoms with Gasteiger partial charge >= 0.3 is 6.09 Å². The highest BCUT2D eigenvalue weighted by Crippen LogP contribution is 2.40. The summed E-state index contributed by atoms with van der Waals surface area (Å²) in [6.07, 6.45) is 1.61. The van der Waals surface area contributed by atoms with E-state index in [0.29, 0.717) is 24.5 Å². The lowest BCUT2D eigenvalue weighted by molar-refractivity contribution is 0.0372. The number of ether oxygens (including phenoxy) is 1. The minimum Gasteiger partial charge on any atom is -0.445 e. The van der Waals surface area contributed by atoms with Crippen molar-refractivity contribution in [1.29, 1.82) is 0 Å². The average molecular weight is 470 g/mol. The van der Waals surface area contributed by atoms with E-state index in [1.54, 1.807) is 11.0 Å². The van der Waals surface area contributed by atoms with Crippen LogP contribution in [-0.2, 0) is 11.3 Å². The van der Waals surface area contributed by atoms with Crippen molar-refractivity contribution in [2.24, 2.45) is 0 Å². The van der Waals surface area contributed by atoms with Crippen molar-refractivity contribution in [3.63, 3.8) is 0 Å². The molecule has 172 valence electrons. The van der Waals surface area contributed by atoms with Crippen LogP contribution >= 0.6 is 11.6 Å². The number of carbonyl (C=O) groups excluding carboxylic acids is 1. The molecule has 2 aliphatic rings. The Kier molecular flexibility index (Phi) is 6.08. The number of rotatable bonds is 4. The van der Waals surface area contributed by atoms with E-state index in [1.165, 1.54) is 6.07 Å². The molecule has 0 spiro atoms. The van der Waals surface area contributed by atoms with E-state index >= 15 is 0 Å². The second-order valence-electron chi connectivity index (χ2n) is 8.76. The zero-order valence-corrected chi connectivity index (χ0v) is 18.9. The summed E-state index contributed by atoms with van der Waals surface area (Å²) in [6.45, 7) is 3.19. The third-order valence-electron chi connectivity index (χ3n) is 6.77. The van der Waals surface area contributed by atoms with Gasteiger partial charge in [0, 0.05) is 43.8 Å². The molecule has 33 heavy (non-hydrogen) atoms. The van der Waals surface area contributed by atoms with Gasteiger partial charge in [-0.05, 0) is 35.9 Å². The van der Waals surface area contributed by atoms with Crippen LogP contribution in [0.5, 0.6) is 0 Å². The molecule has 2 aromatic carbocycles. The van der Waals surface area contributed by atoms with Gasteiger partial charge in [-0.2, -0.15) is 0 Å². The van der Waals surface area contributed by atoms with Gasteiger partial charge in [-0.1, -0.05) is 48.0 Å². The molecule has 8 heteroatoms. The number of nitrogens with one attached hydrogen (secondary N) is 1. The molecule has 1 aliphatic heterocycles. The van der Waals surface area contributed by atoms with Gasteiger partial charge in [0.05, 0.1) is 10.4 Å². The summed E-state index contributed by atoms with van der Waals surface area (Å²) >= 11 is 5.98. The van der Waals surface area contributed by atoms with Crippen molar-refractivity contribution in [3.8, 4) is 0 Å². The molecular formula is C25H25ClFN3O3. The van der Waals surface area contributed by atoms with Crippen molar-refractivity contribution >= 4 is 28.5 Å². The number of aromatic amines is 1. The van der Waals surface area contributed by atoms with E-state index in [9.17, 15) is 14.0 Å².